The number of oxazole rings is 1. The van der Waals surface area contributed by atoms with Crippen molar-refractivity contribution in [2.24, 2.45) is 0 Å². The Balaban J connectivity index is 1.48. The van der Waals surface area contributed by atoms with E-state index in [-0.39, 0.29) is 11.0 Å². The number of carbonyl (C=O) groups excluding carboxylic acids is 1. The third kappa shape index (κ3) is 4.57. The van der Waals surface area contributed by atoms with Gasteiger partial charge in [0.1, 0.15) is 11.3 Å². The van der Waals surface area contributed by atoms with Gasteiger partial charge in [-0.3, -0.25) is 10.1 Å². The molecule has 1 aromatic heterocycles. The third-order valence-electron chi connectivity index (χ3n) is 4.96. The number of thiocarbonyl (C=S) groups is 1. The van der Waals surface area contributed by atoms with Gasteiger partial charge in [0.2, 0.25) is 5.89 Å². The van der Waals surface area contributed by atoms with Gasteiger partial charge in [-0.15, -0.1) is 0 Å². The third-order valence-corrected chi connectivity index (χ3v) is 5.16. The molecule has 156 valence electrons. The summed E-state index contributed by atoms with van der Waals surface area (Å²) in [5, 5.41) is 5.94. The zero-order valence-corrected chi connectivity index (χ0v) is 18.2. The molecular formula is C24H21N3O3S. The van der Waals surface area contributed by atoms with Crippen LogP contribution in [0.1, 0.15) is 21.5 Å². The minimum Gasteiger partial charge on any atom is -0.497 e. The molecule has 4 aromatic rings. The summed E-state index contributed by atoms with van der Waals surface area (Å²) in [7, 11) is 1.62. The summed E-state index contributed by atoms with van der Waals surface area (Å²) in [5.41, 5.74) is 5.58. The van der Waals surface area contributed by atoms with E-state index in [0.29, 0.717) is 28.2 Å². The Bertz CT molecular complexity index is 1300. The van der Waals surface area contributed by atoms with Gasteiger partial charge in [-0.2, -0.15) is 0 Å². The molecule has 1 amide bonds. The van der Waals surface area contributed by atoms with Crippen molar-refractivity contribution in [2.45, 2.75) is 13.8 Å². The van der Waals surface area contributed by atoms with Crippen LogP contribution in [0.3, 0.4) is 0 Å². The average molecular weight is 432 g/mol. The summed E-state index contributed by atoms with van der Waals surface area (Å²) in [6, 6.07) is 18.5. The summed E-state index contributed by atoms with van der Waals surface area (Å²) in [6.45, 7) is 3.97. The quantitative estimate of drug-likeness (QED) is 0.430. The van der Waals surface area contributed by atoms with Crippen LogP contribution >= 0.6 is 12.2 Å². The number of methoxy groups -OCH3 is 1. The summed E-state index contributed by atoms with van der Waals surface area (Å²) in [6.07, 6.45) is 0. The lowest BCUT2D eigenvalue weighted by molar-refractivity contribution is 0.0977. The average Bonchev–Trinajstić information content (AvgIpc) is 3.19. The van der Waals surface area contributed by atoms with E-state index in [4.69, 9.17) is 21.4 Å². The smallest absolute Gasteiger partial charge is 0.257 e. The molecule has 1 heterocycles. The van der Waals surface area contributed by atoms with Crippen molar-refractivity contribution in [1.29, 1.82) is 0 Å². The zero-order chi connectivity index (χ0) is 22.0. The fraction of sp³-hybridized carbons (Fsp3) is 0.125. The highest BCUT2D eigenvalue weighted by Gasteiger charge is 2.12. The standard InChI is InChI=1S/C24H21N3O3S/c1-14-7-8-16(11-15(14)2)22(28)27-24(31)25-18-9-10-21-20(13-18)26-23(30-21)17-5-4-6-19(12-17)29-3/h4-13H,1-3H3,(H2,25,27,28,31). The van der Waals surface area contributed by atoms with E-state index in [1.54, 1.807) is 13.2 Å². The Labute approximate surface area is 185 Å². The Morgan fingerprint density at radius 3 is 2.65 bits per heavy atom. The Morgan fingerprint density at radius 1 is 1.03 bits per heavy atom. The first kappa shape index (κ1) is 20.6. The van der Waals surface area contributed by atoms with Gasteiger partial charge in [0.05, 0.1) is 7.11 Å². The topological polar surface area (TPSA) is 76.4 Å². The molecule has 0 radical (unpaired) electrons. The van der Waals surface area contributed by atoms with Crippen molar-refractivity contribution in [3.63, 3.8) is 0 Å². The number of carbonyl (C=O) groups is 1. The predicted octanol–water partition coefficient (Wildman–Crippen LogP) is 5.25. The first-order valence-electron chi connectivity index (χ1n) is 9.67. The van der Waals surface area contributed by atoms with Crippen molar-refractivity contribution in [2.75, 3.05) is 12.4 Å². The first-order chi connectivity index (χ1) is 14.9. The molecule has 0 saturated heterocycles. The number of fused-ring (bicyclic) bond motifs is 1. The molecule has 0 unspecified atom stereocenters. The van der Waals surface area contributed by atoms with Crippen molar-refractivity contribution < 1.29 is 13.9 Å². The lowest BCUT2D eigenvalue weighted by Crippen LogP contribution is -2.34. The molecule has 2 N–H and O–H groups in total. The molecule has 0 atom stereocenters. The SMILES string of the molecule is COc1cccc(-c2nc3cc(NC(=S)NC(=O)c4ccc(C)c(C)c4)ccc3o2)c1. The van der Waals surface area contributed by atoms with Crippen LogP contribution in [0.4, 0.5) is 5.69 Å². The summed E-state index contributed by atoms with van der Waals surface area (Å²) < 4.78 is 11.1. The van der Waals surface area contributed by atoms with Crippen molar-refractivity contribution in [1.82, 2.24) is 10.3 Å². The van der Waals surface area contributed by atoms with Crippen LogP contribution in [0.25, 0.3) is 22.6 Å². The van der Waals surface area contributed by atoms with Crippen molar-refractivity contribution in [3.05, 3.63) is 77.4 Å². The van der Waals surface area contributed by atoms with Gasteiger partial charge in [-0.05, 0) is 85.7 Å². The highest BCUT2D eigenvalue weighted by molar-refractivity contribution is 7.80. The largest absolute Gasteiger partial charge is 0.497 e. The minimum atomic E-state index is -0.261. The molecule has 4 rings (SSSR count). The second-order valence-electron chi connectivity index (χ2n) is 7.14. The molecular weight excluding hydrogens is 410 g/mol. The van der Waals surface area contributed by atoms with Crippen molar-refractivity contribution in [3.8, 4) is 17.2 Å². The number of amides is 1. The maximum absolute atomic E-state index is 12.5. The van der Waals surface area contributed by atoms with Crippen LogP contribution in [0, 0.1) is 13.8 Å². The van der Waals surface area contributed by atoms with Gasteiger partial charge in [-0.1, -0.05) is 12.1 Å². The maximum atomic E-state index is 12.5. The molecule has 0 aliphatic heterocycles. The summed E-state index contributed by atoms with van der Waals surface area (Å²) >= 11 is 5.30. The molecule has 6 nitrogen and oxygen atoms in total. The van der Waals surface area contributed by atoms with Crippen molar-refractivity contribution >= 4 is 40.0 Å². The van der Waals surface area contributed by atoms with Crippen LogP contribution in [0.5, 0.6) is 5.75 Å². The number of nitrogens with one attached hydrogen (secondary N) is 2. The number of rotatable bonds is 4. The fourth-order valence-corrected chi connectivity index (χ4v) is 3.32. The van der Waals surface area contributed by atoms with E-state index in [9.17, 15) is 4.79 Å². The summed E-state index contributed by atoms with van der Waals surface area (Å²) in [5.74, 6) is 0.965. The Kier molecular flexibility index (Phi) is 5.68. The van der Waals surface area contributed by atoms with E-state index < -0.39 is 0 Å². The molecule has 0 aliphatic carbocycles. The first-order valence-corrected chi connectivity index (χ1v) is 10.1. The van der Waals surface area contributed by atoms with Gasteiger partial charge >= 0.3 is 0 Å². The number of benzene rings is 3. The second-order valence-corrected chi connectivity index (χ2v) is 7.55. The van der Waals surface area contributed by atoms with Crippen LogP contribution < -0.4 is 15.4 Å². The fourth-order valence-electron chi connectivity index (χ4n) is 3.11. The molecule has 31 heavy (non-hydrogen) atoms. The Hall–Kier alpha value is -3.71. The molecule has 0 aliphatic rings. The molecule has 0 saturated carbocycles. The molecule has 3 aromatic carbocycles. The number of aryl methyl sites for hydroxylation is 2. The normalized spacial score (nSPS) is 10.7. The zero-order valence-electron chi connectivity index (χ0n) is 17.4. The van der Waals surface area contributed by atoms with Crippen LogP contribution in [-0.2, 0) is 0 Å². The van der Waals surface area contributed by atoms with Gasteiger partial charge in [0.25, 0.3) is 5.91 Å². The van der Waals surface area contributed by atoms with Gasteiger partial charge in [0.15, 0.2) is 10.7 Å². The van der Waals surface area contributed by atoms with E-state index in [2.05, 4.69) is 15.6 Å². The predicted molar refractivity (Wildman–Crippen MR) is 126 cm³/mol. The monoisotopic (exact) mass is 431 g/mol. The summed E-state index contributed by atoms with van der Waals surface area (Å²) in [4.78, 5) is 17.0. The number of nitrogens with zero attached hydrogens (tertiary/aromatic N) is 1. The molecule has 0 bridgehead atoms. The van der Waals surface area contributed by atoms with Gasteiger partial charge < -0.3 is 14.5 Å². The van der Waals surface area contributed by atoms with E-state index in [0.717, 1.165) is 22.4 Å². The lowest BCUT2D eigenvalue weighted by atomic mass is 10.1. The number of ether oxygens (including phenoxy) is 1. The number of hydrogen-bond acceptors (Lipinski definition) is 5. The van der Waals surface area contributed by atoms with Crippen LogP contribution in [-0.4, -0.2) is 23.1 Å². The highest BCUT2D eigenvalue weighted by Crippen LogP contribution is 2.28. The number of anilines is 1. The number of aromatic nitrogens is 1. The minimum absolute atomic E-state index is 0.207. The lowest BCUT2D eigenvalue weighted by Gasteiger charge is -2.10. The molecule has 7 heteroatoms. The Morgan fingerprint density at radius 2 is 1.87 bits per heavy atom. The van der Waals surface area contributed by atoms with E-state index >= 15 is 0 Å². The van der Waals surface area contributed by atoms with E-state index in [1.807, 2.05) is 68.4 Å². The maximum Gasteiger partial charge on any atom is 0.257 e. The molecule has 0 fully saturated rings. The van der Waals surface area contributed by atoms with Crippen LogP contribution in [0.15, 0.2) is 65.1 Å². The molecule has 0 spiro atoms. The number of hydrogen-bond donors (Lipinski definition) is 2. The second kappa shape index (κ2) is 8.57. The highest BCUT2D eigenvalue weighted by atomic mass is 32.1. The van der Waals surface area contributed by atoms with Gasteiger partial charge in [0, 0.05) is 16.8 Å². The van der Waals surface area contributed by atoms with E-state index in [1.165, 1.54) is 0 Å². The van der Waals surface area contributed by atoms with Gasteiger partial charge in [-0.25, -0.2) is 4.98 Å². The van der Waals surface area contributed by atoms with Crippen LogP contribution in [0.2, 0.25) is 0 Å².